The summed E-state index contributed by atoms with van der Waals surface area (Å²) >= 11 is 1.56. The Morgan fingerprint density at radius 2 is 2.17 bits per heavy atom. The molecule has 5 nitrogen and oxygen atoms in total. The predicted molar refractivity (Wildman–Crippen MR) is 90.9 cm³/mol. The summed E-state index contributed by atoms with van der Waals surface area (Å²) in [6.45, 7) is 11.0. The third kappa shape index (κ3) is 3.19. The van der Waals surface area contributed by atoms with Crippen LogP contribution in [0, 0.1) is 5.41 Å². The van der Waals surface area contributed by atoms with Gasteiger partial charge in [0.15, 0.2) is 10.8 Å². The maximum absolute atomic E-state index is 12.8. The van der Waals surface area contributed by atoms with Crippen molar-refractivity contribution in [3.05, 3.63) is 29.5 Å². The average molecular weight is 333 g/mol. The summed E-state index contributed by atoms with van der Waals surface area (Å²) in [7, 11) is 0. The van der Waals surface area contributed by atoms with Gasteiger partial charge in [-0.1, -0.05) is 20.8 Å². The highest BCUT2D eigenvalue weighted by Gasteiger charge is 2.46. The molecule has 1 aliphatic rings. The molecule has 0 radical (unpaired) electrons. The van der Waals surface area contributed by atoms with Gasteiger partial charge in [-0.15, -0.1) is 11.3 Å². The Morgan fingerprint density at radius 3 is 2.78 bits per heavy atom. The lowest BCUT2D eigenvalue weighted by Gasteiger charge is -2.30. The average Bonchev–Trinajstić information content (AvgIpc) is 3.13. The molecule has 0 saturated carbocycles. The van der Waals surface area contributed by atoms with E-state index < -0.39 is 5.54 Å². The van der Waals surface area contributed by atoms with Gasteiger partial charge in [-0.3, -0.25) is 10.1 Å². The minimum atomic E-state index is -0.565. The third-order valence-corrected chi connectivity index (χ3v) is 4.84. The van der Waals surface area contributed by atoms with Crippen molar-refractivity contribution in [2.24, 2.45) is 5.41 Å². The van der Waals surface area contributed by atoms with E-state index >= 15 is 0 Å². The fourth-order valence-electron chi connectivity index (χ4n) is 2.78. The molecule has 1 saturated heterocycles. The van der Waals surface area contributed by atoms with Crippen LogP contribution in [0.1, 0.15) is 45.7 Å². The van der Waals surface area contributed by atoms with Crippen molar-refractivity contribution >= 4 is 17.2 Å². The number of thiazole rings is 1. The highest BCUT2D eigenvalue weighted by atomic mass is 32.1. The van der Waals surface area contributed by atoms with E-state index in [1.54, 1.807) is 17.6 Å². The molecule has 1 N–H and O–H groups in total. The van der Waals surface area contributed by atoms with Crippen molar-refractivity contribution in [3.8, 4) is 10.8 Å². The molecule has 1 fully saturated rings. The Hall–Kier alpha value is -1.66. The van der Waals surface area contributed by atoms with E-state index in [0.29, 0.717) is 6.54 Å². The normalized spacial score (nSPS) is 21.2. The fraction of sp³-hybridized carbons (Fsp3) is 0.529. The summed E-state index contributed by atoms with van der Waals surface area (Å²) in [5, 5.41) is 4.28. The number of amides is 1. The summed E-state index contributed by atoms with van der Waals surface area (Å²) in [6, 6.07) is 3.75. The monoisotopic (exact) mass is 333 g/mol. The van der Waals surface area contributed by atoms with Crippen molar-refractivity contribution in [3.63, 3.8) is 0 Å². The maximum atomic E-state index is 12.8. The van der Waals surface area contributed by atoms with Crippen LogP contribution in [0.5, 0.6) is 0 Å². The molecule has 2 aromatic rings. The van der Waals surface area contributed by atoms with Crippen LogP contribution in [-0.2, 0) is 4.79 Å². The lowest BCUT2D eigenvalue weighted by molar-refractivity contribution is -0.133. The van der Waals surface area contributed by atoms with Crippen LogP contribution in [0.25, 0.3) is 10.8 Å². The third-order valence-electron chi connectivity index (χ3n) is 3.77. The largest absolute Gasteiger partial charge is 0.462 e. The molecule has 124 valence electrons. The highest BCUT2D eigenvalue weighted by molar-refractivity contribution is 7.15. The van der Waals surface area contributed by atoms with E-state index in [0.717, 1.165) is 15.6 Å². The van der Waals surface area contributed by atoms with Gasteiger partial charge in [0, 0.05) is 12.7 Å². The SMILES string of the molecule is CC(C)(C)CN1C(=O)C(C)(C)NC1c1cnc(-c2ccco2)s1. The molecule has 6 heteroatoms. The van der Waals surface area contributed by atoms with Gasteiger partial charge in [-0.2, -0.15) is 0 Å². The highest BCUT2D eigenvalue weighted by Crippen LogP contribution is 2.37. The van der Waals surface area contributed by atoms with Gasteiger partial charge in [0.1, 0.15) is 6.17 Å². The second kappa shape index (κ2) is 5.46. The van der Waals surface area contributed by atoms with Crippen LogP contribution < -0.4 is 5.32 Å². The summed E-state index contributed by atoms with van der Waals surface area (Å²) in [5.74, 6) is 0.887. The van der Waals surface area contributed by atoms with Crippen LogP contribution in [0.4, 0.5) is 0 Å². The zero-order valence-corrected chi connectivity index (χ0v) is 15.0. The van der Waals surface area contributed by atoms with Crippen molar-refractivity contribution in [1.82, 2.24) is 15.2 Å². The van der Waals surface area contributed by atoms with Crippen LogP contribution in [0.2, 0.25) is 0 Å². The van der Waals surface area contributed by atoms with E-state index in [1.165, 1.54) is 0 Å². The van der Waals surface area contributed by atoms with E-state index in [4.69, 9.17) is 4.42 Å². The molecule has 1 aliphatic heterocycles. The smallest absolute Gasteiger partial charge is 0.243 e. The first kappa shape index (κ1) is 16.2. The lowest BCUT2D eigenvalue weighted by atomic mass is 9.95. The van der Waals surface area contributed by atoms with Crippen molar-refractivity contribution in [2.45, 2.75) is 46.3 Å². The topological polar surface area (TPSA) is 58.4 Å². The number of rotatable bonds is 3. The van der Waals surface area contributed by atoms with Gasteiger partial charge in [0.05, 0.1) is 16.7 Å². The number of aromatic nitrogens is 1. The number of furan rings is 1. The first-order valence-corrected chi connectivity index (χ1v) is 8.57. The van der Waals surface area contributed by atoms with Gasteiger partial charge in [-0.25, -0.2) is 4.98 Å². The molecule has 3 heterocycles. The Balaban J connectivity index is 1.92. The summed E-state index contributed by atoms with van der Waals surface area (Å²) in [6.07, 6.45) is 3.34. The molecule has 0 aromatic carbocycles. The standard InChI is InChI=1S/C17H23N3O2S/c1-16(2,3)10-20-13(19-17(4,5)15(20)21)12-9-18-14(23-12)11-7-6-8-22-11/h6-9,13,19H,10H2,1-5H3. The molecule has 0 spiro atoms. The Labute approximate surface area is 140 Å². The minimum Gasteiger partial charge on any atom is -0.462 e. The summed E-state index contributed by atoms with van der Waals surface area (Å²) in [4.78, 5) is 20.2. The molecule has 23 heavy (non-hydrogen) atoms. The number of carbonyl (C=O) groups is 1. The predicted octanol–water partition coefficient (Wildman–Crippen LogP) is 3.66. The van der Waals surface area contributed by atoms with Crippen LogP contribution in [-0.4, -0.2) is 27.9 Å². The van der Waals surface area contributed by atoms with E-state index in [9.17, 15) is 4.79 Å². The van der Waals surface area contributed by atoms with Crippen molar-refractivity contribution in [2.75, 3.05) is 6.54 Å². The Morgan fingerprint density at radius 1 is 1.43 bits per heavy atom. The fourth-order valence-corrected chi connectivity index (χ4v) is 3.73. The Bertz CT molecular complexity index is 698. The zero-order valence-electron chi connectivity index (χ0n) is 14.2. The molecule has 1 amide bonds. The summed E-state index contributed by atoms with van der Waals surface area (Å²) < 4.78 is 5.41. The lowest BCUT2D eigenvalue weighted by Crippen LogP contribution is -2.41. The molecule has 0 bridgehead atoms. The molecule has 0 aliphatic carbocycles. The molecule has 2 aromatic heterocycles. The second-order valence-electron chi connectivity index (χ2n) is 7.71. The van der Waals surface area contributed by atoms with E-state index in [-0.39, 0.29) is 17.5 Å². The molecule has 1 unspecified atom stereocenters. The number of carbonyl (C=O) groups excluding carboxylic acids is 1. The Kier molecular flexibility index (Phi) is 3.84. The van der Waals surface area contributed by atoms with E-state index in [2.05, 4.69) is 31.1 Å². The van der Waals surface area contributed by atoms with Crippen LogP contribution in [0.3, 0.4) is 0 Å². The zero-order chi connectivity index (χ0) is 16.8. The number of hydrogen-bond donors (Lipinski definition) is 1. The molecule has 3 rings (SSSR count). The van der Waals surface area contributed by atoms with E-state index in [1.807, 2.05) is 37.1 Å². The van der Waals surface area contributed by atoms with Crippen molar-refractivity contribution in [1.29, 1.82) is 0 Å². The van der Waals surface area contributed by atoms with Crippen molar-refractivity contribution < 1.29 is 9.21 Å². The second-order valence-corrected chi connectivity index (χ2v) is 8.77. The van der Waals surface area contributed by atoms with Gasteiger partial charge in [-0.05, 0) is 31.4 Å². The minimum absolute atomic E-state index is 0.0323. The van der Waals surface area contributed by atoms with Crippen LogP contribution >= 0.6 is 11.3 Å². The number of nitrogens with one attached hydrogen (secondary N) is 1. The first-order chi connectivity index (χ1) is 10.7. The molecular formula is C17H23N3O2S. The molecular weight excluding hydrogens is 310 g/mol. The van der Waals surface area contributed by atoms with Crippen LogP contribution in [0.15, 0.2) is 29.0 Å². The van der Waals surface area contributed by atoms with Gasteiger partial charge >= 0.3 is 0 Å². The molecule has 1 atom stereocenters. The quantitative estimate of drug-likeness (QED) is 0.931. The first-order valence-electron chi connectivity index (χ1n) is 7.76. The maximum Gasteiger partial charge on any atom is 0.243 e. The van der Waals surface area contributed by atoms with Gasteiger partial charge < -0.3 is 9.32 Å². The number of nitrogens with zero attached hydrogens (tertiary/aromatic N) is 2. The van der Waals surface area contributed by atoms with Gasteiger partial charge in [0.25, 0.3) is 0 Å². The van der Waals surface area contributed by atoms with Gasteiger partial charge in [0.2, 0.25) is 5.91 Å². The number of hydrogen-bond acceptors (Lipinski definition) is 5. The summed E-state index contributed by atoms with van der Waals surface area (Å²) in [5.41, 5.74) is -0.532.